The van der Waals surface area contributed by atoms with Gasteiger partial charge in [0.05, 0.1) is 10.9 Å². The summed E-state index contributed by atoms with van der Waals surface area (Å²) in [5.74, 6) is 0. The second-order valence-electron chi connectivity index (χ2n) is 5.82. The summed E-state index contributed by atoms with van der Waals surface area (Å²) in [6, 6.07) is 0. The normalized spacial score (nSPS) is 12.5. The van der Waals surface area contributed by atoms with Gasteiger partial charge < -0.3 is 9.49 Å². The number of hydrogen-bond donors (Lipinski definition) is 0. The topological polar surface area (TPSA) is 37.6 Å². The molecule has 0 spiro atoms. The Hall–Kier alpha value is -0.390. The molecule has 0 aliphatic heterocycles. The van der Waals surface area contributed by atoms with Gasteiger partial charge >= 0.3 is 0 Å². The van der Waals surface area contributed by atoms with Crippen molar-refractivity contribution in [3.8, 4) is 0 Å². The van der Waals surface area contributed by atoms with Crippen LogP contribution in [-0.4, -0.2) is 45.7 Å². The Bertz CT molecular complexity index is 553. The fourth-order valence-electron chi connectivity index (χ4n) is 2.14. The molecule has 1 rings (SSSR count). The van der Waals surface area contributed by atoms with E-state index in [2.05, 4.69) is 56.9 Å². The molecule has 0 aliphatic carbocycles. The van der Waals surface area contributed by atoms with Crippen molar-refractivity contribution in [3.05, 3.63) is 16.7 Å². The van der Waals surface area contributed by atoms with Gasteiger partial charge in [0.15, 0.2) is 0 Å². The molecule has 1 aromatic rings. The summed E-state index contributed by atoms with van der Waals surface area (Å²) in [7, 11) is 0.868. The minimum absolute atomic E-state index is 1.20. The standard InChI is InChI=1S/C14H27N3P2/c1-10-11(2)13(18(6,7)15-4)17-14(12(10)3)19(8,9)16-5/h1-9H3. The average molecular weight is 299 g/mol. The molecule has 0 saturated carbocycles. The quantitative estimate of drug-likeness (QED) is 0.771. The molecular weight excluding hydrogens is 272 g/mol. The van der Waals surface area contributed by atoms with Crippen LogP contribution >= 0.6 is 14.1 Å². The van der Waals surface area contributed by atoms with E-state index in [4.69, 9.17) is 4.98 Å². The van der Waals surface area contributed by atoms with Gasteiger partial charge in [-0.25, -0.2) is 4.98 Å². The molecular formula is C14H27N3P2. The Morgan fingerprint density at radius 3 is 1.26 bits per heavy atom. The third-order valence-electron chi connectivity index (χ3n) is 4.04. The van der Waals surface area contributed by atoms with Gasteiger partial charge in [-0.2, -0.15) is 0 Å². The van der Waals surface area contributed by atoms with Crippen LogP contribution in [0.3, 0.4) is 0 Å². The number of hydrogen-bond acceptors (Lipinski definition) is 3. The SMILES string of the molecule is CN=P(C)(C)c1nc(P(C)(C)=NC)c(C)c(C)c1C. The van der Waals surface area contributed by atoms with Crippen molar-refractivity contribution in [2.75, 3.05) is 40.8 Å². The molecule has 19 heavy (non-hydrogen) atoms. The van der Waals surface area contributed by atoms with Crippen molar-refractivity contribution in [1.29, 1.82) is 0 Å². The second kappa shape index (κ2) is 5.54. The zero-order valence-electron chi connectivity index (χ0n) is 13.7. The minimum atomic E-state index is -1.48. The summed E-state index contributed by atoms with van der Waals surface area (Å²) in [5.41, 5.74) is 6.37. The first-order valence-corrected chi connectivity index (χ1v) is 11.7. The fourth-order valence-corrected chi connectivity index (χ4v) is 5.26. The monoisotopic (exact) mass is 299 g/mol. The molecule has 0 bridgehead atoms. The van der Waals surface area contributed by atoms with Crippen LogP contribution in [0.1, 0.15) is 16.7 Å². The van der Waals surface area contributed by atoms with Crippen LogP contribution in [0.4, 0.5) is 0 Å². The van der Waals surface area contributed by atoms with E-state index in [-0.39, 0.29) is 0 Å². The molecule has 0 atom stereocenters. The smallest absolute Gasteiger partial charge is 0.0831 e. The van der Waals surface area contributed by atoms with Crippen LogP contribution in [0.25, 0.3) is 0 Å². The highest BCUT2D eigenvalue weighted by atomic mass is 31.2. The number of nitrogens with zero attached hydrogens (tertiary/aromatic N) is 3. The predicted molar refractivity (Wildman–Crippen MR) is 92.0 cm³/mol. The van der Waals surface area contributed by atoms with E-state index in [0.29, 0.717) is 0 Å². The van der Waals surface area contributed by atoms with E-state index in [1.165, 1.54) is 27.6 Å². The minimum Gasteiger partial charge on any atom is -0.301 e. The summed E-state index contributed by atoms with van der Waals surface area (Å²) < 4.78 is 9.20. The van der Waals surface area contributed by atoms with Crippen LogP contribution in [0.5, 0.6) is 0 Å². The van der Waals surface area contributed by atoms with E-state index in [1.54, 1.807) is 0 Å². The molecule has 0 unspecified atom stereocenters. The van der Waals surface area contributed by atoms with Gasteiger partial charge in [-0.1, -0.05) is 0 Å². The van der Waals surface area contributed by atoms with Crippen LogP contribution in [0, 0.1) is 20.8 Å². The van der Waals surface area contributed by atoms with Gasteiger partial charge in [0, 0.05) is 28.2 Å². The van der Waals surface area contributed by atoms with Crippen LogP contribution < -0.4 is 10.9 Å². The van der Waals surface area contributed by atoms with Crippen LogP contribution in [0.2, 0.25) is 0 Å². The first kappa shape index (κ1) is 16.7. The highest BCUT2D eigenvalue weighted by Gasteiger charge is 2.22. The number of aromatic nitrogens is 1. The Balaban J connectivity index is 3.83. The maximum Gasteiger partial charge on any atom is 0.0831 e. The van der Waals surface area contributed by atoms with Gasteiger partial charge in [-0.15, -0.1) is 0 Å². The lowest BCUT2D eigenvalue weighted by Gasteiger charge is -2.24. The van der Waals surface area contributed by atoms with Gasteiger partial charge in [0.2, 0.25) is 0 Å². The molecule has 0 N–H and O–H groups in total. The molecule has 0 amide bonds. The molecule has 3 nitrogen and oxygen atoms in total. The zero-order chi connectivity index (χ0) is 15.0. The zero-order valence-corrected chi connectivity index (χ0v) is 15.5. The van der Waals surface area contributed by atoms with Crippen molar-refractivity contribution in [3.63, 3.8) is 0 Å². The van der Waals surface area contributed by atoms with Crippen molar-refractivity contribution in [1.82, 2.24) is 4.98 Å². The summed E-state index contributed by atoms with van der Waals surface area (Å²) >= 11 is 0. The van der Waals surface area contributed by atoms with E-state index in [0.717, 1.165) is 0 Å². The lowest BCUT2D eigenvalue weighted by molar-refractivity contribution is 1.23. The van der Waals surface area contributed by atoms with Crippen LogP contribution in [-0.2, 0) is 0 Å². The third kappa shape index (κ3) is 3.03. The largest absolute Gasteiger partial charge is 0.301 e. The molecule has 0 saturated heterocycles. The molecule has 0 aromatic carbocycles. The molecule has 0 fully saturated rings. The maximum atomic E-state index is 5.03. The van der Waals surface area contributed by atoms with Gasteiger partial charge in [-0.3, -0.25) is 0 Å². The third-order valence-corrected chi connectivity index (χ3v) is 8.99. The van der Waals surface area contributed by atoms with Gasteiger partial charge in [0.25, 0.3) is 0 Å². The van der Waals surface area contributed by atoms with Crippen molar-refractivity contribution < 1.29 is 0 Å². The Morgan fingerprint density at radius 1 is 0.684 bits per heavy atom. The highest BCUT2D eigenvalue weighted by molar-refractivity contribution is 7.73. The molecule has 5 heteroatoms. The summed E-state index contributed by atoms with van der Waals surface area (Å²) in [5, 5.41) is 0. The van der Waals surface area contributed by atoms with Crippen LogP contribution in [0.15, 0.2) is 9.49 Å². The maximum absolute atomic E-state index is 5.03. The molecule has 1 aromatic heterocycles. The van der Waals surface area contributed by atoms with Crippen molar-refractivity contribution >= 4 is 25.0 Å². The van der Waals surface area contributed by atoms with E-state index < -0.39 is 14.1 Å². The molecule has 0 radical (unpaired) electrons. The number of rotatable bonds is 2. The summed E-state index contributed by atoms with van der Waals surface area (Å²) in [4.78, 5) is 5.03. The number of pyridine rings is 1. The second-order valence-corrected chi connectivity index (χ2v) is 13.0. The first-order chi connectivity index (χ1) is 8.58. The Morgan fingerprint density at radius 2 is 1.00 bits per heavy atom. The van der Waals surface area contributed by atoms with E-state index in [9.17, 15) is 0 Å². The fraction of sp³-hybridized carbons (Fsp3) is 0.643. The van der Waals surface area contributed by atoms with Gasteiger partial charge in [0.1, 0.15) is 0 Å². The van der Waals surface area contributed by atoms with E-state index >= 15 is 0 Å². The Kier molecular flexibility index (Phi) is 4.86. The van der Waals surface area contributed by atoms with Crippen molar-refractivity contribution in [2.24, 2.45) is 9.49 Å². The molecule has 0 aliphatic rings. The highest BCUT2D eigenvalue weighted by Crippen LogP contribution is 2.43. The average Bonchev–Trinajstić information content (AvgIpc) is 2.35. The van der Waals surface area contributed by atoms with E-state index in [1.807, 2.05) is 14.1 Å². The lowest BCUT2D eigenvalue weighted by Crippen LogP contribution is -2.27. The lowest BCUT2D eigenvalue weighted by atomic mass is 10.1. The predicted octanol–water partition coefficient (Wildman–Crippen LogP) is 3.44. The molecule has 1 heterocycles. The van der Waals surface area contributed by atoms with Gasteiger partial charge in [-0.05, 0) is 64.1 Å². The van der Waals surface area contributed by atoms with Crippen molar-refractivity contribution in [2.45, 2.75) is 20.8 Å². The summed E-state index contributed by atoms with van der Waals surface area (Å²) in [6.45, 7) is 15.5. The summed E-state index contributed by atoms with van der Waals surface area (Å²) in [6.07, 6.45) is 0. The Labute approximate surface area is 118 Å². The first-order valence-electron chi connectivity index (χ1n) is 6.48. The molecule has 108 valence electrons.